The van der Waals surface area contributed by atoms with E-state index in [2.05, 4.69) is 48.3 Å². The lowest BCUT2D eigenvalue weighted by Crippen LogP contribution is -2.56. The van der Waals surface area contributed by atoms with Crippen molar-refractivity contribution in [1.82, 2.24) is 10.2 Å². The fraction of sp³-hybridized carbons (Fsp3) is 0.611. The summed E-state index contributed by atoms with van der Waals surface area (Å²) in [6.45, 7) is 6.07. The van der Waals surface area contributed by atoms with Crippen molar-refractivity contribution in [2.75, 3.05) is 13.1 Å². The number of aryl methyl sites for hydroxylation is 1. The third-order valence-corrected chi connectivity index (χ3v) is 5.48. The van der Waals surface area contributed by atoms with Crippen LogP contribution in [0.4, 0.5) is 0 Å². The van der Waals surface area contributed by atoms with Crippen molar-refractivity contribution in [3.63, 3.8) is 0 Å². The average molecular weight is 284 g/mol. The molecule has 1 aromatic carbocycles. The average Bonchev–Trinajstić information content (AvgIpc) is 3.20. The number of amides is 1. The van der Waals surface area contributed by atoms with E-state index in [4.69, 9.17) is 0 Å². The Morgan fingerprint density at radius 1 is 1.19 bits per heavy atom. The predicted octanol–water partition coefficient (Wildman–Crippen LogP) is 2.17. The summed E-state index contributed by atoms with van der Waals surface area (Å²) in [7, 11) is 0. The van der Waals surface area contributed by atoms with Gasteiger partial charge in [-0.05, 0) is 49.7 Å². The van der Waals surface area contributed by atoms with Crippen molar-refractivity contribution in [2.45, 2.75) is 44.7 Å². The number of benzene rings is 1. The van der Waals surface area contributed by atoms with Crippen LogP contribution in [0.15, 0.2) is 24.3 Å². The van der Waals surface area contributed by atoms with Crippen LogP contribution < -0.4 is 5.32 Å². The quantitative estimate of drug-likeness (QED) is 0.857. The Bertz CT molecular complexity index is 560. The first kappa shape index (κ1) is 13.3. The Hall–Kier alpha value is -1.35. The highest BCUT2D eigenvalue weighted by Crippen LogP contribution is 2.60. The molecule has 3 heteroatoms. The van der Waals surface area contributed by atoms with E-state index in [0.29, 0.717) is 29.8 Å². The van der Waals surface area contributed by atoms with Gasteiger partial charge in [-0.15, -0.1) is 0 Å². The van der Waals surface area contributed by atoms with Crippen molar-refractivity contribution in [2.24, 2.45) is 11.8 Å². The standard InChI is InChI=1S/C18H24N2O/c1-11-9-20(10-12(2)19-11)18(21)17-15-8-7-13-5-3-4-6-14(13)16(15)17/h3-6,11-12,15-17,19H,7-10H2,1-2H3. The first-order valence-electron chi connectivity index (χ1n) is 8.28. The molecule has 0 bridgehead atoms. The van der Waals surface area contributed by atoms with E-state index in [9.17, 15) is 4.79 Å². The molecule has 4 rings (SSSR count). The van der Waals surface area contributed by atoms with Crippen LogP contribution in [-0.2, 0) is 11.2 Å². The molecule has 2 aliphatic carbocycles. The molecule has 0 aromatic heterocycles. The molecule has 1 saturated heterocycles. The zero-order valence-corrected chi connectivity index (χ0v) is 12.9. The van der Waals surface area contributed by atoms with Crippen molar-refractivity contribution < 1.29 is 4.79 Å². The van der Waals surface area contributed by atoms with E-state index in [0.717, 1.165) is 19.5 Å². The molecule has 2 fully saturated rings. The lowest BCUT2D eigenvalue weighted by molar-refractivity contribution is -0.134. The van der Waals surface area contributed by atoms with Crippen molar-refractivity contribution in [3.8, 4) is 0 Å². The summed E-state index contributed by atoms with van der Waals surface area (Å²) in [5.41, 5.74) is 2.92. The molecule has 112 valence electrons. The normalized spacial score (nSPS) is 37.6. The van der Waals surface area contributed by atoms with Gasteiger partial charge in [-0.1, -0.05) is 24.3 Å². The molecule has 1 saturated carbocycles. The fourth-order valence-corrected chi connectivity index (χ4v) is 4.62. The van der Waals surface area contributed by atoms with Gasteiger partial charge in [0.25, 0.3) is 0 Å². The van der Waals surface area contributed by atoms with Gasteiger partial charge in [-0.2, -0.15) is 0 Å². The molecule has 3 aliphatic rings. The highest BCUT2D eigenvalue weighted by Gasteiger charge is 2.58. The van der Waals surface area contributed by atoms with Gasteiger partial charge < -0.3 is 10.2 Å². The number of hydrogen-bond donors (Lipinski definition) is 1. The second-order valence-corrected chi connectivity index (χ2v) is 7.16. The van der Waals surface area contributed by atoms with Gasteiger partial charge in [0.05, 0.1) is 0 Å². The maximum Gasteiger partial charge on any atom is 0.226 e. The van der Waals surface area contributed by atoms with E-state index >= 15 is 0 Å². The van der Waals surface area contributed by atoms with Gasteiger partial charge in [-0.25, -0.2) is 0 Å². The molecule has 1 aromatic rings. The lowest BCUT2D eigenvalue weighted by atomic mass is 9.92. The Morgan fingerprint density at radius 2 is 1.90 bits per heavy atom. The monoisotopic (exact) mass is 284 g/mol. The van der Waals surface area contributed by atoms with E-state index in [1.807, 2.05) is 0 Å². The van der Waals surface area contributed by atoms with Crippen LogP contribution in [0.5, 0.6) is 0 Å². The third-order valence-electron chi connectivity index (χ3n) is 5.48. The highest BCUT2D eigenvalue weighted by atomic mass is 16.2. The number of fused-ring (bicyclic) bond motifs is 3. The second-order valence-electron chi connectivity index (χ2n) is 7.16. The van der Waals surface area contributed by atoms with E-state index in [-0.39, 0.29) is 5.92 Å². The Morgan fingerprint density at radius 3 is 2.67 bits per heavy atom. The Labute approximate surface area is 126 Å². The molecule has 5 unspecified atom stereocenters. The maximum absolute atomic E-state index is 12.9. The van der Waals surface area contributed by atoms with Gasteiger partial charge in [0, 0.05) is 31.1 Å². The van der Waals surface area contributed by atoms with Gasteiger partial charge in [0.1, 0.15) is 0 Å². The zero-order valence-electron chi connectivity index (χ0n) is 12.9. The van der Waals surface area contributed by atoms with E-state index < -0.39 is 0 Å². The van der Waals surface area contributed by atoms with Gasteiger partial charge in [0.15, 0.2) is 0 Å². The molecule has 1 amide bonds. The Balaban J connectivity index is 1.53. The zero-order chi connectivity index (χ0) is 14.6. The maximum atomic E-state index is 12.9. The minimum absolute atomic E-state index is 0.256. The molecule has 1 aliphatic heterocycles. The largest absolute Gasteiger partial charge is 0.339 e. The smallest absolute Gasteiger partial charge is 0.226 e. The molecule has 1 N–H and O–H groups in total. The lowest BCUT2D eigenvalue weighted by Gasteiger charge is -2.36. The van der Waals surface area contributed by atoms with Crippen LogP contribution in [0, 0.1) is 11.8 Å². The summed E-state index contributed by atoms with van der Waals surface area (Å²) in [5.74, 6) is 1.77. The summed E-state index contributed by atoms with van der Waals surface area (Å²) >= 11 is 0. The first-order chi connectivity index (χ1) is 10.1. The number of carbonyl (C=O) groups is 1. The SMILES string of the molecule is CC1CN(C(=O)C2C3CCc4ccccc4C32)CC(C)N1. The minimum Gasteiger partial charge on any atom is -0.339 e. The van der Waals surface area contributed by atoms with Crippen LogP contribution in [0.1, 0.15) is 37.3 Å². The van der Waals surface area contributed by atoms with Gasteiger partial charge in [-0.3, -0.25) is 4.79 Å². The first-order valence-corrected chi connectivity index (χ1v) is 8.28. The van der Waals surface area contributed by atoms with E-state index in [1.165, 1.54) is 17.5 Å². The second kappa shape index (κ2) is 4.84. The topological polar surface area (TPSA) is 32.3 Å². The number of hydrogen-bond acceptors (Lipinski definition) is 2. The number of carbonyl (C=O) groups excluding carboxylic acids is 1. The van der Waals surface area contributed by atoms with E-state index in [1.54, 1.807) is 0 Å². The molecule has 3 nitrogen and oxygen atoms in total. The molecule has 21 heavy (non-hydrogen) atoms. The van der Waals surface area contributed by atoms with Crippen molar-refractivity contribution in [3.05, 3.63) is 35.4 Å². The van der Waals surface area contributed by atoms with Crippen LogP contribution in [0.3, 0.4) is 0 Å². The summed E-state index contributed by atoms with van der Waals surface area (Å²) in [6, 6.07) is 9.54. The van der Waals surface area contributed by atoms with Crippen LogP contribution in [0.2, 0.25) is 0 Å². The molecular weight excluding hydrogens is 260 g/mol. The summed E-state index contributed by atoms with van der Waals surface area (Å²) < 4.78 is 0. The summed E-state index contributed by atoms with van der Waals surface area (Å²) in [5, 5.41) is 3.51. The van der Waals surface area contributed by atoms with Crippen molar-refractivity contribution in [1.29, 1.82) is 0 Å². The summed E-state index contributed by atoms with van der Waals surface area (Å²) in [4.78, 5) is 15.0. The van der Waals surface area contributed by atoms with Crippen molar-refractivity contribution >= 4 is 5.91 Å². The molecule has 5 atom stereocenters. The number of nitrogens with one attached hydrogen (secondary N) is 1. The summed E-state index contributed by atoms with van der Waals surface area (Å²) in [6.07, 6.45) is 2.34. The molecule has 0 spiro atoms. The van der Waals surface area contributed by atoms with Gasteiger partial charge >= 0.3 is 0 Å². The minimum atomic E-state index is 0.256. The van der Waals surface area contributed by atoms with Gasteiger partial charge in [0.2, 0.25) is 5.91 Å². The van der Waals surface area contributed by atoms with Crippen LogP contribution >= 0.6 is 0 Å². The van der Waals surface area contributed by atoms with Crippen LogP contribution in [0.25, 0.3) is 0 Å². The fourth-order valence-electron chi connectivity index (χ4n) is 4.62. The predicted molar refractivity (Wildman–Crippen MR) is 83.1 cm³/mol. The number of nitrogens with zero attached hydrogens (tertiary/aromatic N) is 1. The third kappa shape index (κ3) is 2.18. The Kier molecular flexibility index (Phi) is 3.07. The number of rotatable bonds is 1. The van der Waals surface area contributed by atoms with Crippen LogP contribution in [-0.4, -0.2) is 36.0 Å². The molecule has 1 heterocycles. The molecular formula is C18H24N2O. The molecule has 0 radical (unpaired) electrons. The highest BCUT2D eigenvalue weighted by molar-refractivity contribution is 5.84. The number of piperazine rings is 1.